The molecule has 1 heterocycles. The van der Waals surface area contributed by atoms with Crippen LogP contribution in [0.15, 0.2) is 6.07 Å². The molecule has 0 aliphatic heterocycles. The Morgan fingerprint density at radius 2 is 1.95 bits per heavy atom. The van der Waals surface area contributed by atoms with Gasteiger partial charge in [0, 0.05) is 19.7 Å². The topological polar surface area (TPSA) is 56.3 Å². The van der Waals surface area contributed by atoms with Crippen molar-refractivity contribution in [3.63, 3.8) is 0 Å². The number of aromatic nitrogens is 2. The lowest BCUT2D eigenvalue weighted by Crippen LogP contribution is -2.17. The van der Waals surface area contributed by atoms with Gasteiger partial charge in [0.05, 0.1) is 0 Å². The Hall–Kier alpha value is -1.36. The smallest absolute Gasteiger partial charge is 0.219 e. The molecule has 1 aromatic rings. The number of methoxy groups -OCH3 is 1. The predicted octanol–water partition coefficient (Wildman–Crippen LogP) is 3.55. The van der Waals surface area contributed by atoms with E-state index in [1.54, 1.807) is 7.11 Å². The Morgan fingerprint density at radius 1 is 1.19 bits per heavy atom. The fourth-order valence-electron chi connectivity index (χ4n) is 2.60. The summed E-state index contributed by atoms with van der Waals surface area (Å²) >= 11 is 0. The molecule has 0 radical (unpaired) electrons. The van der Waals surface area contributed by atoms with Crippen molar-refractivity contribution in [3.8, 4) is 5.88 Å². The van der Waals surface area contributed by atoms with Crippen molar-refractivity contribution in [1.29, 1.82) is 0 Å². The summed E-state index contributed by atoms with van der Waals surface area (Å²) in [6.45, 7) is 3.43. The van der Waals surface area contributed by atoms with Crippen LogP contribution in [0.25, 0.3) is 0 Å². The van der Waals surface area contributed by atoms with E-state index in [-0.39, 0.29) is 6.10 Å². The molecule has 1 aromatic heterocycles. The highest BCUT2D eigenvalue weighted by Gasteiger charge is 2.15. The number of rotatable bonds is 7. The van der Waals surface area contributed by atoms with Crippen molar-refractivity contribution in [2.24, 2.45) is 0 Å². The molecule has 5 heteroatoms. The van der Waals surface area contributed by atoms with Crippen LogP contribution in [0.4, 0.5) is 5.82 Å². The van der Waals surface area contributed by atoms with Crippen LogP contribution >= 0.6 is 0 Å². The largest absolute Gasteiger partial charge is 0.474 e. The summed E-state index contributed by atoms with van der Waals surface area (Å²) in [5.74, 6) is 2.16. The predicted molar refractivity (Wildman–Crippen MR) is 83.6 cm³/mol. The maximum absolute atomic E-state index is 6.10. The van der Waals surface area contributed by atoms with Crippen LogP contribution < -0.4 is 10.1 Å². The Bertz CT molecular complexity index is 418. The Balaban J connectivity index is 2.06. The lowest BCUT2D eigenvalue weighted by molar-refractivity contribution is 0.164. The van der Waals surface area contributed by atoms with E-state index in [2.05, 4.69) is 22.2 Å². The molecule has 1 fully saturated rings. The normalized spacial score (nSPS) is 16.5. The van der Waals surface area contributed by atoms with Crippen LogP contribution in [0.5, 0.6) is 5.88 Å². The summed E-state index contributed by atoms with van der Waals surface area (Å²) in [7, 11) is 1.65. The number of nitrogens with zero attached hydrogens (tertiary/aromatic N) is 2. The van der Waals surface area contributed by atoms with Crippen LogP contribution in [0, 0.1) is 0 Å². The molecule has 21 heavy (non-hydrogen) atoms. The van der Waals surface area contributed by atoms with Gasteiger partial charge in [0.2, 0.25) is 5.88 Å². The summed E-state index contributed by atoms with van der Waals surface area (Å²) < 4.78 is 11.2. The summed E-state index contributed by atoms with van der Waals surface area (Å²) in [6.07, 6.45) is 8.75. The second kappa shape index (κ2) is 8.82. The third-order valence-corrected chi connectivity index (χ3v) is 3.67. The third kappa shape index (κ3) is 5.50. The van der Waals surface area contributed by atoms with E-state index in [9.17, 15) is 0 Å². The minimum absolute atomic E-state index is 0.289. The first-order chi connectivity index (χ1) is 10.3. The lowest BCUT2D eigenvalue weighted by atomic mass is 10.1. The molecule has 1 aliphatic rings. The van der Waals surface area contributed by atoms with Gasteiger partial charge in [0.15, 0.2) is 5.82 Å². The van der Waals surface area contributed by atoms with Gasteiger partial charge in [-0.05, 0) is 32.1 Å². The highest BCUT2D eigenvalue weighted by molar-refractivity contribution is 5.38. The van der Waals surface area contributed by atoms with Gasteiger partial charge in [-0.1, -0.05) is 19.8 Å². The summed E-state index contributed by atoms with van der Waals surface area (Å²) in [4.78, 5) is 8.90. The zero-order valence-electron chi connectivity index (χ0n) is 13.2. The van der Waals surface area contributed by atoms with Crippen molar-refractivity contribution in [2.75, 3.05) is 19.0 Å². The van der Waals surface area contributed by atoms with Gasteiger partial charge >= 0.3 is 0 Å². The molecule has 118 valence electrons. The van der Waals surface area contributed by atoms with Crippen LogP contribution in [0.1, 0.15) is 57.7 Å². The maximum atomic E-state index is 6.10. The van der Waals surface area contributed by atoms with Gasteiger partial charge in [-0.15, -0.1) is 0 Å². The molecule has 1 saturated carbocycles. The highest BCUT2D eigenvalue weighted by Crippen LogP contribution is 2.23. The zero-order valence-corrected chi connectivity index (χ0v) is 13.2. The average molecular weight is 293 g/mol. The second-order valence-electron chi connectivity index (χ2n) is 5.60. The van der Waals surface area contributed by atoms with Gasteiger partial charge in [-0.25, -0.2) is 4.98 Å². The molecule has 0 bridgehead atoms. The quantitative estimate of drug-likeness (QED) is 0.779. The molecule has 0 unspecified atom stereocenters. The highest BCUT2D eigenvalue weighted by atomic mass is 16.5. The van der Waals surface area contributed by atoms with Gasteiger partial charge in [-0.2, -0.15) is 4.98 Å². The minimum Gasteiger partial charge on any atom is -0.474 e. The number of ether oxygens (including phenoxy) is 2. The van der Waals surface area contributed by atoms with Crippen molar-refractivity contribution < 1.29 is 9.47 Å². The van der Waals surface area contributed by atoms with E-state index >= 15 is 0 Å². The van der Waals surface area contributed by atoms with E-state index in [1.165, 1.54) is 25.7 Å². The second-order valence-corrected chi connectivity index (χ2v) is 5.60. The average Bonchev–Trinajstić information content (AvgIpc) is 2.74. The van der Waals surface area contributed by atoms with E-state index < -0.39 is 0 Å². The summed E-state index contributed by atoms with van der Waals surface area (Å²) in [5.41, 5.74) is 0. The maximum Gasteiger partial charge on any atom is 0.219 e. The Labute approximate surface area is 127 Å². The van der Waals surface area contributed by atoms with Crippen LogP contribution in [-0.2, 0) is 11.3 Å². The van der Waals surface area contributed by atoms with E-state index in [0.29, 0.717) is 18.3 Å². The molecular formula is C16H27N3O2. The third-order valence-electron chi connectivity index (χ3n) is 3.67. The summed E-state index contributed by atoms with van der Waals surface area (Å²) in [5, 5.41) is 3.30. The first-order valence-electron chi connectivity index (χ1n) is 8.09. The number of anilines is 1. The standard InChI is InChI=1S/C16H27N3O2/c1-3-10-17-14-11-16(19-15(18-14)12-20-2)21-13-8-6-4-5-7-9-13/h11,13H,3-10,12H2,1-2H3,(H,17,18,19). The molecular weight excluding hydrogens is 266 g/mol. The molecule has 5 nitrogen and oxygen atoms in total. The molecule has 0 amide bonds. The van der Waals surface area contributed by atoms with Crippen molar-refractivity contribution in [3.05, 3.63) is 11.9 Å². The van der Waals surface area contributed by atoms with Crippen molar-refractivity contribution in [2.45, 2.75) is 64.6 Å². The lowest BCUT2D eigenvalue weighted by Gasteiger charge is -2.17. The van der Waals surface area contributed by atoms with Crippen LogP contribution in [0.2, 0.25) is 0 Å². The molecule has 1 aliphatic carbocycles. The number of hydrogen-bond donors (Lipinski definition) is 1. The van der Waals surface area contributed by atoms with Crippen molar-refractivity contribution in [1.82, 2.24) is 9.97 Å². The van der Waals surface area contributed by atoms with Gasteiger partial charge in [-0.3, -0.25) is 0 Å². The van der Waals surface area contributed by atoms with E-state index in [0.717, 1.165) is 31.6 Å². The van der Waals surface area contributed by atoms with Gasteiger partial charge < -0.3 is 14.8 Å². The van der Waals surface area contributed by atoms with E-state index in [4.69, 9.17) is 9.47 Å². The molecule has 2 rings (SSSR count). The fraction of sp³-hybridized carbons (Fsp3) is 0.750. The summed E-state index contributed by atoms with van der Waals surface area (Å²) in [6, 6.07) is 1.90. The molecule has 0 atom stereocenters. The molecule has 0 saturated heterocycles. The number of hydrogen-bond acceptors (Lipinski definition) is 5. The van der Waals surface area contributed by atoms with Crippen LogP contribution in [0.3, 0.4) is 0 Å². The Kier molecular flexibility index (Phi) is 6.73. The monoisotopic (exact) mass is 293 g/mol. The van der Waals surface area contributed by atoms with Crippen molar-refractivity contribution >= 4 is 5.82 Å². The molecule has 0 aromatic carbocycles. The van der Waals surface area contributed by atoms with Crippen LogP contribution in [-0.4, -0.2) is 29.7 Å². The van der Waals surface area contributed by atoms with Gasteiger partial charge in [0.1, 0.15) is 18.5 Å². The van der Waals surface area contributed by atoms with Gasteiger partial charge in [0.25, 0.3) is 0 Å². The first kappa shape index (κ1) is 16.0. The fourth-order valence-corrected chi connectivity index (χ4v) is 2.60. The molecule has 1 N–H and O–H groups in total. The first-order valence-corrected chi connectivity index (χ1v) is 8.09. The minimum atomic E-state index is 0.289. The number of nitrogens with one attached hydrogen (secondary N) is 1. The SMILES string of the molecule is CCCNc1cc(OC2CCCCCC2)nc(COC)n1. The molecule has 0 spiro atoms. The van der Waals surface area contributed by atoms with E-state index in [1.807, 2.05) is 6.07 Å². The zero-order chi connectivity index (χ0) is 14.9. The Morgan fingerprint density at radius 3 is 2.62 bits per heavy atom.